The Hall–Kier alpha value is -2.96. The number of hydrogen-bond acceptors (Lipinski definition) is 5. The molecule has 1 N–H and O–H groups in total. The molecular formula is C25H26N2O3S. The van der Waals surface area contributed by atoms with Crippen LogP contribution in [0.3, 0.4) is 0 Å². The van der Waals surface area contributed by atoms with Crippen LogP contribution in [-0.4, -0.2) is 43.0 Å². The predicted molar refractivity (Wildman–Crippen MR) is 125 cm³/mol. The molecule has 1 amide bonds. The number of rotatable bonds is 7. The number of nitrogens with one attached hydrogen (secondary N) is 1. The van der Waals surface area contributed by atoms with E-state index in [0.717, 1.165) is 48.2 Å². The molecule has 0 unspecified atom stereocenters. The summed E-state index contributed by atoms with van der Waals surface area (Å²) >= 11 is 1.36. The largest absolute Gasteiger partial charge is 0.462 e. The van der Waals surface area contributed by atoms with Gasteiger partial charge in [-0.05, 0) is 49.5 Å². The summed E-state index contributed by atoms with van der Waals surface area (Å²) in [6.45, 7) is 4.30. The van der Waals surface area contributed by atoms with E-state index >= 15 is 0 Å². The molecule has 1 aliphatic heterocycles. The number of carbonyl (C=O) groups is 2. The molecular weight excluding hydrogens is 408 g/mol. The Morgan fingerprint density at radius 2 is 1.61 bits per heavy atom. The number of benzene rings is 2. The Bertz CT molecular complexity index is 1040. The average Bonchev–Trinajstić information content (AvgIpc) is 3.44. The molecule has 0 saturated carbocycles. The zero-order chi connectivity index (χ0) is 21.6. The van der Waals surface area contributed by atoms with Crippen molar-refractivity contribution in [3.8, 4) is 22.3 Å². The van der Waals surface area contributed by atoms with Gasteiger partial charge in [0.2, 0.25) is 5.91 Å². The van der Waals surface area contributed by atoms with Crippen LogP contribution in [0, 0.1) is 0 Å². The van der Waals surface area contributed by atoms with Crippen LogP contribution in [-0.2, 0) is 9.53 Å². The number of hydrogen-bond donors (Lipinski definition) is 1. The minimum absolute atomic E-state index is 0.0970. The molecule has 1 aromatic heterocycles. The molecule has 1 aliphatic rings. The maximum Gasteiger partial charge on any atom is 0.341 e. The first kappa shape index (κ1) is 21.3. The first-order valence-electron chi connectivity index (χ1n) is 10.6. The van der Waals surface area contributed by atoms with Gasteiger partial charge < -0.3 is 10.1 Å². The summed E-state index contributed by atoms with van der Waals surface area (Å²) in [5.74, 6) is -0.511. The summed E-state index contributed by atoms with van der Waals surface area (Å²) in [6.07, 6.45) is 2.26. The summed E-state index contributed by atoms with van der Waals surface area (Å²) in [5, 5.41) is 5.40. The van der Waals surface area contributed by atoms with E-state index in [2.05, 4.69) is 22.3 Å². The molecule has 2 aromatic carbocycles. The van der Waals surface area contributed by atoms with Gasteiger partial charge in [-0.1, -0.05) is 54.6 Å². The van der Waals surface area contributed by atoms with Gasteiger partial charge in [0, 0.05) is 10.9 Å². The summed E-state index contributed by atoms with van der Waals surface area (Å²) < 4.78 is 5.30. The Morgan fingerprint density at radius 1 is 0.968 bits per heavy atom. The van der Waals surface area contributed by atoms with Gasteiger partial charge in [0.25, 0.3) is 0 Å². The van der Waals surface area contributed by atoms with Crippen LogP contribution in [0.5, 0.6) is 0 Å². The average molecular weight is 435 g/mol. The number of ether oxygens (including phenoxy) is 1. The molecule has 3 aromatic rings. The lowest BCUT2D eigenvalue weighted by atomic mass is 9.99. The molecule has 4 rings (SSSR count). The third-order valence-corrected chi connectivity index (χ3v) is 6.29. The van der Waals surface area contributed by atoms with Gasteiger partial charge in [-0.3, -0.25) is 9.69 Å². The van der Waals surface area contributed by atoms with Crippen molar-refractivity contribution in [1.82, 2.24) is 4.90 Å². The highest BCUT2D eigenvalue weighted by atomic mass is 32.1. The topological polar surface area (TPSA) is 58.6 Å². The number of likely N-dealkylation sites (tertiary alicyclic amines) is 1. The van der Waals surface area contributed by atoms with E-state index in [1.165, 1.54) is 11.3 Å². The molecule has 0 spiro atoms. The quantitative estimate of drug-likeness (QED) is 0.513. The fourth-order valence-corrected chi connectivity index (χ4v) is 4.82. The highest BCUT2D eigenvalue weighted by Gasteiger charge is 2.24. The van der Waals surface area contributed by atoms with Gasteiger partial charge in [0.05, 0.1) is 13.2 Å². The van der Waals surface area contributed by atoms with E-state index in [9.17, 15) is 9.59 Å². The highest BCUT2D eigenvalue weighted by Crippen LogP contribution is 2.37. The molecule has 1 fully saturated rings. The molecule has 1 saturated heterocycles. The molecule has 0 aliphatic carbocycles. The second-order valence-electron chi connectivity index (χ2n) is 7.55. The lowest BCUT2D eigenvalue weighted by Crippen LogP contribution is -2.31. The van der Waals surface area contributed by atoms with Crippen LogP contribution >= 0.6 is 11.3 Å². The molecule has 5 nitrogen and oxygen atoms in total. The van der Waals surface area contributed by atoms with Crippen LogP contribution in [0.2, 0.25) is 0 Å². The van der Waals surface area contributed by atoms with Crippen molar-refractivity contribution in [2.75, 3.05) is 31.6 Å². The summed E-state index contributed by atoms with van der Waals surface area (Å²) in [4.78, 5) is 27.4. The van der Waals surface area contributed by atoms with Gasteiger partial charge in [0.1, 0.15) is 10.6 Å². The molecule has 31 heavy (non-hydrogen) atoms. The van der Waals surface area contributed by atoms with Crippen LogP contribution < -0.4 is 5.32 Å². The summed E-state index contributed by atoms with van der Waals surface area (Å²) in [7, 11) is 0. The lowest BCUT2D eigenvalue weighted by molar-refractivity contribution is -0.117. The van der Waals surface area contributed by atoms with Gasteiger partial charge in [-0.2, -0.15) is 0 Å². The van der Waals surface area contributed by atoms with Crippen molar-refractivity contribution < 1.29 is 14.3 Å². The molecule has 0 bridgehead atoms. The Kier molecular flexibility index (Phi) is 6.79. The molecule has 160 valence electrons. The zero-order valence-electron chi connectivity index (χ0n) is 17.6. The zero-order valence-corrected chi connectivity index (χ0v) is 18.4. The second kappa shape index (κ2) is 9.90. The number of thiophene rings is 1. The van der Waals surface area contributed by atoms with Gasteiger partial charge in [-0.15, -0.1) is 11.3 Å². The Labute approximate surface area is 186 Å². The fourth-order valence-electron chi connectivity index (χ4n) is 3.85. The van der Waals surface area contributed by atoms with Gasteiger partial charge >= 0.3 is 5.97 Å². The first-order chi connectivity index (χ1) is 15.2. The summed E-state index contributed by atoms with van der Waals surface area (Å²) in [5.41, 5.74) is 4.36. The van der Waals surface area contributed by atoms with Crippen molar-refractivity contribution in [3.63, 3.8) is 0 Å². The van der Waals surface area contributed by atoms with Crippen LogP contribution in [0.1, 0.15) is 30.1 Å². The third-order valence-electron chi connectivity index (χ3n) is 5.39. The van der Waals surface area contributed by atoms with E-state index in [4.69, 9.17) is 4.74 Å². The Balaban J connectivity index is 1.59. The van der Waals surface area contributed by atoms with E-state index < -0.39 is 5.97 Å². The maximum atomic E-state index is 12.8. The number of nitrogens with zero attached hydrogens (tertiary/aromatic N) is 1. The molecule has 6 heteroatoms. The smallest absolute Gasteiger partial charge is 0.341 e. The van der Waals surface area contributed by atoms with Crippen LogP contribution in [0.4, 0.5) is 5.00 Å². The number of carbonyl (C=O) groups excluding carboxylic acids is 2. The lowest BCUT2D eigenvalue weighted by Gasteiger charge is -2.14. The number of amides is 1. The van der Waals surface area contributed by atoms with Crippen molar-refractivity contribution in [2.24, 2.45) is 0 Å². The van der Waals surface area contributed by atoms with Crippen molar-refractivity contribution in [2.45, 2.75) is 19.8 Å². The molecule has 0 radical (unpaired) electrons. The molecule has 2 heterocycles. The maximum absolute atomic E-state index is 12.8. The molecule has 0 atom stereocenters. The van der Waals surface area contributed by atoms with E-state index in [-0.39, 0.29) is 12.5 Å². The number of esters is 1. The standard InChI is InChI=1S/C25H26N2O3S/c1-2-30-25(29)23-21(17-31-24(23)26-22(28)16-27-14-6-7-15-27)20-12-10-19(11-13-20)18-8-4-3-5-9-18/h3-5,8-13,17H,2,6-7,14-16H2,1H3,(H,26,28). The van der Waals surface area contributed by atoms with Crippen LogP contribution in [0.15, 0.2) is 60.0 Å². The van der Waals surface area contributed by atoms with E-state index in [1.54, 1.807) is 6.92 Å². The predicted octanol–water partition coefficient (Wildman–Crippen LogP) is 5.29. The third kappa shape index (κ3) is 5.03. The summed E-state index contributed by atoms with van der Waals surface area (Å²) in [6, 6.07) is 18.2. The minimum Gasteiger partial charge on any atom is -0.462 e. The first-order valence-corrected chi connectivity index (χ1v) is 11.5. The van der Waals surface area contributed by atoms with Crippen molar-refractivity contribution in [1.29, 1.82) is 0 Å². The normalized spacial score (nSPS) is 13.8. The van der Waals surface area contributed by atoms with Gasteiger partial charge in [-0.25, -0.2) is 4.79 Å². The highest BCUT2D eigenvalue weighted by molar-refractivity contribution is 7.15. The monoisotopic (exact) mass is 434 g/mol. The second-order valence-corrected chi connectivity index (χ2v) is 8.43. The Morgan fingerprint density at radius 3 is 2.29 bits per heavy atom. The van der Waals surface area contributed by atoms with Crippen molar-refractivity contribution in [3.05, 3.63) is 65.5 Å². The SMILES string of the molecule is CCOC(=O)c1c(-c2ccc(-c3ccccc3)cc2)csc1NC(=O)CN1CCCC1. The van der Waals surface area contributed by atoms with Gasteiger partial charge in [0.15, 0.2) is 0 Å². The minimum atomic E-state index is -0.414. The fraction of sp³-hybridized carbons (Fsp3) is 0.280. The van der Waals surface area contributed by atoms with E-state index in [1.807, 2.05) is 47.8 Å². The van der Waals surface area contributed by atoms with Crippen LogP contribution in [0.25, 0.3) is 22.3 Å². The number of anilines is 1. The van der Waals surface area contributed by atoms with Crippen molar-refractivity contribution >= 4 is 28.2 Å². The van der Waals surface area contributed by atoms with E-state index in [0.29, 0.717) is 17.1 Å².